The number of hydrogen-bond donors (Lipinski definition) is 0. The van der Waals surface area contributed by atoms with Crippen molar-refractivity contribution in [2.45, 2.75) is 78.4 Å². The molecule has 28 heavy (non-hydrogen) atoms. The van der Waals surface area contributed by atoms with E-state index in [9.17, 15) is 8.42 Å². The van der Waals surface area contributed by atoms with E-state index in [4.69, 9.17) is 0 Å². The van der Waals surface area contributed by atoms with Crippen LogP contribution in [0.4, 0.5) is 0 Å². The maximum absolute atomic E-state index is 13.3. The van der Waals surface area contributed by atoms with Gasteiger partial charge in [0.05, 0.1) is 0 Å². The Balaban J connectivity index is 2.45. The first kappa shape index (κ1) is 23.5. The van der Waals surface area contributed by atoms with Crippen molar-refractivity contribution in [3.8, 4) is 0 Å². The van der Waals surface area contributed by atoms with Crippen molar-refractivity contribution in [3.05, 3.63) is 54.2 Å². The van der Waals surface area contributed by atoms with Crippen LogP contribution < -0.4 is 3.71 Å². The summed E-state index contributed by atoms with van der Waals surface area (Å²) in [5, 5.41) is 0. The summed E-state index contributed by atoms with van der Waals surface area (Å²) >= 11 is -2.80. The predicted octanol–water partition coefficient (Wildman–Crippen LogP) is 5.92. The first-order chi connectivity index (χ1) is 13.5. The van der Waals surface area contributed by atoms with Gasteiger partial charge in [0, 0.05) is 0 Å². The van der Waals surface area contributed by atoms with Crippen molar-refractivity contribution < 1.29 is 8.42 Å². The molecule has 1 aromatic carbocycles. The van der Waals surface area contributed by atoms with Crippen molar-refractivity contribution in [2.24, 2.45) is 0 Å². The van der Waals surface area contributed by atoms with Crippen LogP contribution in [0.25, 0.3) is 0 Å². The van der Waals surface area contributed by atoms with Crippen LogP contribution in [0, 0.1) is 0 Å². The Morgan fingerprint density at radius 2 is 1.32 bits per heavy atom. The second kappa shape index (κ2) is 11.4. The molecule has 0 aliphatic rings. The number of benzene rings is 1. The molecule has 0 unspecified atom stereocenters. The molecule has 156 valence electrons. The zero-order valence-electron chi connectivity index (χ0n) is 17.9. The monoisotopic (exact) mass is 511 g/mol. The molecule has 2 rings (SSSR count). The Kier molecular flexibility index (Phi) is 9.61. The van der Waals surface area contributed by atoms with Gasteiger partial charge in [0.15, 0.2) is 0 Å². The van der Waals surface area contributed by atoms with E-state index in [0.29, 0.717) is 0 Å². The molecule has 1 heterocycles. The number of rotatable bonds is 13. The fourth-order valence-corrected chi connectivity index (χ4v) is 24.0. The Labute approximate surface area is 176 Å². The summed E-state index contributed by atoms with van der Waals surface area (Å²) in [5.74, 6) is 0.0762. The minimum atomic E-state index is -3.39. The standard InChI is InChI=1S/C11H10NO2S.3C4H9.Sn/c13-15(14,12-8-4-5-9-12)10-11-6-2-1-3-7-11;3*1-3-4-2;/h1-8H,10H2;3*1,3-4H2,2H3;. The molecule has 0 fully saturated rings. The van der Waals surface area contributed by atoms with E-state index >= 15 is 0 Å². The normalized spacial score (nSPS) is 12.4. The van der Waals surface area contributed by atoms with Crippen LogP contribution in [0.5, 0.6) is 0 Å². The fourth-order valence-electron chi connectivity index (χ4n) is 4.18. The molecule has 0 spiro atoms. The summed E-state index contributed by atoms with van der Waals surface area (Å²) in [6.45, 7) is 6.75. The zero-order valence-corrected chi connectivity index (χ0v) is 21.5. The Morgan fingerprint density at radius 1 is 0.786 bits per heavy atom. The summed E-state index contributed by atoms with van der Waals surface area (Å²) in [7, 11) is -3.39. The summed E-state index contributed by atoms with van der Waals surface area (Å²) in [6, 6.07) is 13.7. The predicted molar refractivity (Wildman–Crippen MR) is 123 cm³/mol. The Morgan fingerprint density at radius 3 is 1.82 bits per heavy atom. The van der Waals surface area contributed by atoms with E-state index in [-0.39, 0.29) is 5.75 Å². The van der Waals surface area contributed by atoms with Gasteiger partial charge in [-0.05, 0) is 0 Å². The molecule has 0 amide bonds. The number of unbranched alkanes of at least 4 members (excludes halogenated alkanes) is 3. The summed E-state index contributed by atoms with van der Waals surface area (Å²) < 4.78 is 33.4. The second-order valence-corrected chi connectivity index (χ2v) is 22.9. The molecule has 0 atom stereocenters. The number of hydrogen-bond acceptors (Lipinski definition) is 2. The molecule has 1 aromatic heterocycles. The zero-order chi connectivity index (χ0) is 20.5. The third kappa shape index (κ3) is 6.12. The van der Waals surface area contributed by atoms with Gasteiger partial charge in [0.2, 0.25) is 0 Å². The maximum atomic E-state index is 13.3. The van der Waals surface area contributed by atoms with Crippen LogP contribution >= 0.6 is 0 Å². The van der Waals surface area contributed by atoms with Crippen molar-refractivity contribution in [1.82, 2.24) is 3.97 Å². The molecule has 0 saturated carbocycles. The molecule has 0 radical (unpaired) electrons. The molecule has 0 N–H and O–H groups in total. The first-order valence-electron chi connectivity index (χ1n) is 10.9. The molecule has 0 saturated heterocycles. The van der Waals surface area contributed by atoms with Gasteiger partial charge in [-0.3, -0.25) is 0 Å². The van der Waals surface area contributed by atoms with Crippen molar-refractivity contribution in [1.29, 1.82) is 0 Å². The third-order valence-electron chi connectivity index (χ3n) is 5.77. The van der Waals surface area contributed by atoms with Gasteiger partial charge in [-0.1, -0.05) is 0 Å². The van der Waals surface area contributed by atoms with Gasteiger partial charge in [-0.2, -0.15) is 0 Å². The fraction of sp³-hybridized carbons (Fsp3) is 0.565. The third-order valence-corrected chi connectivity index (χ3v) is 23.3. The van der Waals surface area contributed by atoms with Crippen LogP contribution in [0.3, 0.4) is 0 Å². The molecule has 5 heteroatoms. The van der Waals surface area contributed by atoms with Gasteiger partial charge < -0.3 is 0 Å². The molecule has 0 aliphatic carbocycles. The van der Waals surface area contributed by atoms with Gasteiger partial charge in [-0.25, -0.2) is 0 Å². The topological polar surface area (TPSA) is 39.1 Å². The summed E-state index contributed by atoms with van der Waals surface area (Å²) in [4.78, 5) is 0. The van der Waals surface area contributed by atoms with Gasteiger partial charge in [0.1, 0.15) is 0 Å². The Hall–Kier alpha value is -0.751. The van der Waals surface area contributed by atoms with Gasteiger partial charge in [-0.15, -0.1) is 0 Å². The van der Waals surface area contributed by atoms with Crippen molar-refractivity contribution in [2.75, 3.05) is 0 Å². The molecule has 2 aromatic rings. The average molecular weight is 510 g/mol. The van der Waals surface area contributed by atoms with E-state index in [1.807, 2.05) is 42.6 Å². The SMILES string of the molecule is CCC[CH2][Sn]([CH2]CCC)([CH2]CCC)[c]1cccn1S(=O)(=O)Cc1ccccc1. The number of nitrogens with zero attached hydrogens (tertiary/aromatic N) is 1. The van der Waals surface area contributed by atoms with Crippen LogP contribution in [0.1, 0.15) is 64.9 Å². The van der Waals surface area contributed by atoms with E-state index in [1.54, 1.807) is 3.97 Å². The Bertz CT molecular complexity index is 777. The van der Waals surface area contributed by atoms with Gasteiger partial charge in [0.25, 0.3) is 0 Å². The summed E-state index contributed by atoms with van der Waals surface area (Å²) in [5.41, 5.74) is 0.860. The molecule has 0 aliphatic heterocycles. The van der Waals surface area contributed by atoms with Crippen molar-refractivity contribution in [3.63, 3.8) is 0 Å². The van der Waals surface area contributed by atoms with Crippen LogP contribution in [0.15, 0.2) is 48.7 Å². The molecule has 0 bridgehead atoms. The van der Waals surface area contributed by atoms with E-state index in [2.05, 4.69) is 26.8 Å². The van der Waals surface area contributed by atoms with Crippen molar-refractivity contribution >= 4 is 32.1 Å². The second-order valence-electron chi connectivity index (χ2n) is 8.02. The molecular weight excluding hydrogens is 473 g/mol. The van der Waals surface area contributed by atoms with E-state index in [1.165, 1.54) is 55.5 Å². The minimum absolute atomic E-state index is 0.0762. The van der Waals surface area contributed by atoms with Crippen LogP contribution in [-0.4, -0.2) is 30.8 Å². The number of aromatic nitrogens is 1. The summed E-state index contributed by atoms with van der Waals surface area (Å²) in [6.07, 6.45) is 9.06. The van der Waals surface area contributed by atoms with Crippen LogP contribution in [0.2, 0.25) is 13.3 Å². The van der Waals surface area contributed by atoms with E-state index in [0.717, 1.165) is 5.56 Å². The quantitative estimate of drug-likeness (QED) is 0.314. The molecule has 3 nitrogen and oxygen atoms in total. The first-order valence-corrected chi connectivity index (χ1v) is 20.0. The van der Waals surface area contributed by atoms with Crippen LogP contribution in [-0.2, 0) is 15.8 Å². The molecular formula is C23H37NO2SSn. The van der Waals surface area contributed by atoms with Gasteiger partial charge >= 0.3 is 177 Å². The average Bonchev–Trinajstić information content (AvgIpc) is 3.20. The van der Waals surface area contributed by atoms with E-state index < -0.39 is 28.4 Å².